The Morgan fingerprint density at radius 3 is 1.82 bits per heavy atom. The normalized spacial score (nSPS) is 16.2. The van der Waals surface area contributed by atoms with Crippen LogP contribution < -0.4 is 4.74 Å². The zero-order chi connectivity index (χ0) is 25.8. The van der Waals surface area contributed by atoms with Crippen LogP contribution in [-0.4, -0.2) is 9.13 Å². The zero-order valence-corrected chi connectivity index (χ0v) is 21.9. The number of hydrogen-bond acceptors (Lipinski definition) is 1. The average molecular weight is 507 g/mol. The topological polar surface area (TPSA) is 19.1 Å². The minimum atomic E-state index is 0.884. The molecular weight excluding hydrogens is 476 g/mol. The molecule has 0 amide bonds. The van der Waals surface area contributed by atoms with E-state index in [1.165, 1.54) is 55.7 Å². The molecule has 190 valence electrons. The zero-order valence-electron chi connectivity index (χ0n) is 21.9. The van der Waals surface area contributed by atoms with E-state index in [-0.39, 0.29) is 0 Å². The van der Waals surface area contributed by atoms with Crippen LogP contribution in [0.4, 0.5) is 0 Å². The maximum Gasteiger partial charge on any atom is 0.127 e. The number of para-hydroxylation sites is 2. The lowest BCUT2D eigenvalue weighted by Crippen LogP contribution is -2.07. The van der Waals surface area contributed by atoms with E-state index >= 15 is 0 Å². The minimum absolute atomic E-state index is 0.884. The Balaban J connectivity index is 1.09. The van der Waals surface area contributed by atoms with E-state index in [0.29, 0.717) is 0 Å². The standard InChI is InChI=1S/C36H30N2O/c1-5-13-33-29(9-1)30-10-2-6-14-34(30)37(33)25-17-21-27(22-18-25)39-28-23-19-26(20-24-28)38-35-15-7-3-11-31(35)32-12-4-8-16-36(32)38/h1,3,5-9,11,13-19,21-23H,2,4,10,12,20,24H2. The molecule has 5 aromatic rings. The first-order valence-electron chi connectivity index (χ1n) is 14.1. The van der Waals surface area contributed by atoms with Crippen molar-refractivity contribution in [3.05, 3.63) is 125 Å². The second-order valence-electron chi connectivity index (χ2n) is 10.7. The second-order valence-corrected chi connectivity index (χ2v) is 10.7. The van der Waals surface area contributed by atoms with E-state index in [0.717, 1.165) is 50.0 Å². The number of hydrogen-bond donors (Lipinski definition) is 0. The van der Waals surface area contributed by atoms with Gasteiger partial charge in [0.2, 0.25) is 0 Å². The summed E-state index contributed by atoms with van der Waals surface area (Å²) in [6, 6.07) is 26.1. The summed E-state index contributed by atoms with van der Waals surface area (Å²) >= 11 is 0. The van der Waals surface area contributed by atoms with Crippen LogP contribution in [0.1, 0.15) is 48.2 Å². The van der Waals surface area contributed by atoms with Crippen LogP contribution in [0, 0.1) is 0 Å². The third-order valence-electron chi connectivity index (χ3n) is 8.43. The number of allylic oxidation sites excluding steroid dienone is 6. The smallest absolute Gasteiger partial charge is 0.127 e. The molecule has 0 aliphatic heterocycles. The largest absolute Gasteiger partial charge is 0.462 e. The van der Waals surface area contributed by atoms with Crippen molar-refractivity contribution in [1.82, 2.24) is 9.13 Å². The Hall–Kier alpha value is -4.50. The molecule has 0 atom stereocenters. The predicted molar refractivity (Wildman–Crippen MR) is 162 cm³/mol. The van der Waals surface area contributed by atoms with Gasteiger partial charge in [-0.15, -0.1) is 0 Å². The van der Waals surface area contributed by atoms with Gasteiger partial charge < -0.3 is 13.9 Å². The third-order valence-corrected chi connectivity index (χ3v) is 8.43. The molecular formula is C36H30N2O. The summed E-state index contributed by atoms with van der Waals surface area (Å²) in [5.41, 5.74) is 10.7. The molecule has 3 nitrogen and oxygen atoms in total. The van der Waals surface area contributed by atoms with E-state index in [2.05, 4.69) is 118 Å². The van der Waals surface area contributed by atoms with Crippen LogP contribution in [-0.2, 0) is 12.8 Å². The molecule has 8 rings (SSSR count). The molecule has 3 aliphatic rings. The van der Waals surface area contributed by atoms with E-state index in [9.17, 15) is 0 Å². The Bertz CT molecular complexity index is 1870. The highest BCUT2D eigenvalue weighted by atomic mass is 16.5. The van der Waals surface area contributed by atoms with Crippen molar-refractivity contribution in [1.29, 1.82) is 0 Å². The molecule has 0 fully saturated rings. The summed E-state index contributed by atoms with van der Waals surface area (Å²) < 4.78 is 11.2. The maximum atomic E-state index is 6.36. The quantitative estimate of drug-likeness (QED) is 0.238. The van der Waals surface area contributed by atoms with Gasteiger partial charge in [-0.05, 0) is 104 Å². The Morgan fingerprint density at radius 1 is 0.564 bits per heavy atom. The first-order chi connectivity index (χ1) is 19.3. The molecule has 0 bridgehead atoms. The van der Waals surface area contributed by atoms with Gasteiger partial charge in [-0.2, -0.15) is 0 Å². The lowest BCUT2D eigenvalue weighted by molar-refractivity contribution is 0.403. The van der Waals surface area contributed by atoms with Gasteiger partial charge in [0.05, 0.1) is 11.0 Å². The van der Waals surface area contributed by atoms with Gasteiger partial charge in [-0.3, -0.25) is 0 Å². The fourth-order valence-electron chi connectivity index (χ4n) is 6.65. The fourth-order valence-corrected chi connectivity index (χ4v) is 6.65. The lowest BCUT2D eigenvalue weighted by Gasteiger charge is -2.20. The lowest BCUT2D eigenvalue weighted by atomic mass is 10.0. The molecule has 39 heavy (non-hydrogen) atoms. The van der Waals surface area contributed by atoms with Crippen molar-refractivity contribution in [3.8, 4) is 11.4 Å². The molecule has 0 N–H and O–H groups in total. The molecule has 0 saturated heterocycles. The van der Waals surface area contributed by atoms with Crippen molar-refractivity contribution in [2.24, 2.45) is 0 Å². The van der Waals surface area contributed by atoms with Gasteiger partial charge in [0.15, 0.2) is 0 Å². The van der Waals surface area contributed by atoms with Crippen LogP contribution in [0.15, 0.2) is 103 Å². The van der Waals surface area contributed by atoms with Gasteiger partial charge in [0, 0.05) is 40.0 Å². The minimum Gasteiger partial charge on any atom is -0.462 e. The van der Waals surface area contributed by atoms with Gasteiger partial charge in [-0.25, -0.2) is 0 Å². The van der Waals surface area contributed by atoms with E-state index in [1.807, 2.05) is 0 Å². The van der Waals surface area contributed by atoms with Gasteiger partial charge in [0.25, 0.3) is 0 Å². The Kier molecular flexibility index (Phi) is 5.22. The molecule has 0 unspecified atom stereocenters. The molecule has 0 saturated carbocycles. The summed E-state index contributed by atoms with van der Waals surface area (Å²) in [6.07, 6.45) is 19.9. The number of rotatable bonds is 4. The van der Waals surface area contributed by atoms with E-state index in [1.54, 1.807) is 0 Å². The van der Waals surface area contributed by atoms with Crippen LogP contribution in [0.3, 0.4) is 0 Å². The summed E-state index contributed by atoms with van der Waals surface area (Å²) in [5, 5.41) is 2.75. The molecule has 3 aliphatic carbocycles. The molecule has 0 radical (unpaired) electrons. The highest BCUT2D eigenvalue weighted by molar-refractivity contribution is 5.92. The number of aryl methyl sites for hydroxylation is 2. The Morgan fingerprint density at radius 2 is 1.18 bits per heavy atom. The van der Waals surface area contributed by atoms with Gasteiger partial charge in [-0.1, -0.05) is 48.6 Å². The highest BCUT2D eigenvalue weighted by Gasteiger charge is 2.21. The number of ether oxygens (including phenoxy) is 1. The van der Waals surface area contributed by atoms with E-state index < -0.39 is 0 Å². The van der Waals surface area contributed by atoms with Crippen LogP contribution in [0.2, 0.25) is 0 Å². The van der Waals surface area contributed by atoms with Crippen molar-refractivity contribution in [3.63, 3.8) is 0 Å². The number of benzene rings is 3. The Labute approximate surface area is 228 Å². The van der Waals surface area contributed by atoms with Gasteiger partial charge in [0.1, 0.15) is 11.5 Å². The summed E-state index contributed by atoms with van der Waals surface area (Å²) in [7, 11) is 0. The van der Waals surface area contributed by atoms with E-state index in [4.69, 9.17) is 4.74 Å². The van der Waals surface area contributed by atoms with Crippen molar-refractivity contribution >= 4 is 39.7 Å². The van der Waals surface area contributed by atoms with Crippen LogP contribution in [0.5, 0.6) is 5.75 Å². The maximum absolute atomic E-state index is 6.36. The number of fused-ring (bicyclic) bond motifs is 6. The van der Waals surface area contributed by atoms with Gasteiger partial charge >= 0.3 is 0 Å². The molecule has 2 heterocycles. The first kappa shape index (κ1) is 22.5. The summed E-state index contributed by atoms with van der Waals surface area (Å²) in [6.45, 7) is 0. The SMILES string of the molecule is C1=Cc2c(c3ccccc3n2C2=CC=C(Oc3ccc(-n4c5c(c6ccccc64)CCC=C5)cc3)CC2)CC1. The molecule has 3 heteroatoms. The average Bonchev–Trinajstić information content (AvgIpc) is 3.51. The third kappa shape index (κ3) is 3.64. The van der Waals surface area contributed by atoms with Crippen LogP contribution >= 0.6 is 0 Å². The first-order valence-corrected chi connectivity index (χ1v) is 14.1. The highest BCUT2D eigenvalue weighted by Crippen LogP contribution is 2.37. The molecule has 3 aromatic carbocycles. The van der Waals surface area contributed by atoms with Crippen molar-refractivity contribution in [2.75, 3.05) is 0 Å². The molecule has 0 spiro atoms. The second kappa shape index (κ2) is 9.06. The fraction of sp³-hybridized carbons (Fsp3) is 0.167. The summed E-state index contributed by atoms with van der Waals surface area (Å²) in [5.74, 6) is 1.90. The predicted octanol–water partition coefficient (Wildman–Crippen LogP) is 9.10. The number of aromatic nitrogens is 2. The summed E-state index contributed by atoms with van der Waals surface area (Å²) in [4.78, 5) is 0. The number of nitrogens with zero attached hydrogens (tertiary/aromatic N) is 2. The molecule has 2 aromatic heterocycles. The monoisotopic (exact) mass is 506 g/mol. The van der Waals surface area contributed by atoms with Crippen LogP contribution in [0.25, 0.3) is 45.3 Å². The van der Waals surface area contributed by atoms with Crippen molar-refractivity contribution < 1.29 is 4.74 Å². The van der Waals surface area contributed by atoms with Crippen molar-refractivity contribution in [2.45, 2.75) is 38.5 Å².